The Morgan fingerprint density at radius 3 is 2.30 bits per heavy atom. The van der Waals surface area contributed by atoms with Crippen molar-refractivity contribution in [1.29, 1.82) is 5.26 Å². The van der Waals surface area contributed by atoms with Gasteiger partial charge in [-0.15, -0.1) is 0 Å². The molecule has 5 aromatic rings. The van der Waals surface area contributed by atoms with Gasteiger partial charge in [0.05, 0.1) is 11.6 Å². The zero-order chi connectivity index (χ0) is 28.6. The number of aromatic nitrogens is 1. The van der Waals surface area contributed by atoms with E-state index in [1.807, 2.05) is 25.1 Å². The van der Waals surface area contributed by atoms with E-state index in [2.05, 4.69) is 67.7 Å². The average Bonchev–Trinajstić information content (AvgIpc) is 3.15. The summed E-state index contributed by atoms with van der Waals surface area (Å²) in [4.78, 5) is 0. The third kappa shape index (κ3) is 3.38. The molecule has 0 atom stereocenters. The fourth-order valence-corrected chi connectivity index (χ4v) is 10.0. The van der Waals surface area contributed by atoms with Gasteiger partial charge < -0.3 is 0 Å². The smallest absolute Gasteiger partial charge is 0.206 e. The fourth-order valence-electron chi connectivity index (χ4n) is 6.12. The van der Waals surface area contributed by atoms with E-state index in [-0.39, 0.29) is 5.56 Å². The van der Waals surface area contributed by atoms with Gasteiger partial charge in [0.15, 0.2) is 6.20 Å². The van der Waals surface area contributed by atoms with Gasteiger partial charge in [-0.2, -0.15) is 5.26 Å². The summed E-state index contributed by atoms with van der Waals surface area (Å²) in [6.45, 7) is 4.06. The molecule has 0 spiro atoms. The van der Waals surface area contributed by atoms with Crippen LogP contribution in [0.2, 0.25) is 13.1 Å². The van der Waals surface area contributed by atoms with Crippen molar-refractivity contribution >= 4 is 29.2 Å². The number of aryl methyl sites for hydroxylation is 3. The van der Waals surface area contributed by atoms with E-state index in [1.165, 1.54) is 22.6 Å². The van der Waals surface area contributed by atoms with Crippen molar-refractivity contribution in [3.05, 3.63) is 102 Å². The van der Waals surface area contributed by atoms with E-state index in [1.54, 1.807) is 11.6 Å². The number of pyridine rings is 1. The maximum absolute atomic E-state index is 15.3. The lowest BCUT2D eigenvalue weighted by molar-refractivity contribution is -0.661. The van der Waals surface area contributed by atoms with Crippen molar-refractivity contribution in [3.8, 4) is 39.6 Å². The third-order valence-corrected chi connectivity index (χ3v) is 11.3. The molecular formula is C33H28FN2Si+. The lowest BCUT2D eigenvalue weighted by atomic mass is 9.92. The second-order valence-electron chi connectivity index (χ2n) is 10.4. The predicted octanol–water partition coefficient (Wildman–Crippen LogP) is 6.43. The van der Waals surface area contributed by atoms with Crippen molar-refractivity contribution in [1.82, 2.24) is 0 Å². The quantitative estimate of drug-likeness (QED) is 0.202. The SMILES string of the molecule is [2H]C([2H])([2H])c1c[n+](C)c(-c2c(C)ccc3c2[Si](C)(C)c2c-3ccc(C#N)c2-c2ccc3ccccc3c2)cc1F. The van der Waals surface area contributed by atoms with Gasteiger partial charge in [0, 0.05) is 21.3 Å². The van der Waals surface area contributed by atoms with E-state index in [9.17, 15) is 5.26 Å². The van der Waals surface area contributed by atoms with Crippen molar-refractivity contribution in [2.45, 2.75) is 26.9 Å². The Morgan fingerprint density at radius 2 is 1.57 bits per heavy atom. The molecule has 180 valence electrons. The fraction of sp³-hybridized carbons (Fsp3) is 0.152. The van der Waals surface area contributed by atoms with Crippen LogP contribution in [0.15, 0.2) is 79.0 Å². The van der Waals surface area contributed by atoms with Gasteiger partial charge in [0.1, 0.15) is 20.9 Å². The van der Waals surface area contributed by atoms with Crippen LogP contribution in [0.4, 0.5) is 4.39 Å². The minimum absolute atomic E-state index is 0.291. The van der Waals surface area contributed by atoms with Gasteiger partial charge in [-0.1, -0.05) is 67.7 Å². The lowest BCUT2D eigenvalue weighted by Crippen LogP contribution is -2.52. The van der Waals surface area contributed by atoms with E-state index in [0.29, 0.717) is 11.3 Å². The van der Waals surface area contributed by atoms with Crippen molar-refractivity contribution in [2.75, 3.05) is 0 Å². The molecule has 0 unspecified atom stereocenters. The maximum atomic E-state index is 15.3. The number of nitrogens with zero attached hydrogens (tertiary/aromatic N) is 2. The first-order valence-electron chi connectivity index (χ1n) is 13.8. The molecule has 4 heteroatoms. The van der Waals surface area contributed by atoms with Crippen LogP contribution >= 0.6 is 0 Å². The van der Waals surface area contributed by atoms with Gasteiger partial charge in [-0.25, -0.2) is 8.96 Å². The lowest BCUT2D eigenvalue weighted by Gasteiger charge is -2.25. The van der Waals surface area contributed by atoms with Gasteiger partial charge >= 0.3 is 0 Å². The molecule has 0 saturated carbocycles. The molecule has 2 heterocycles. The van der Waals surface area contributed by atoms with Crippen LogP contribution in [-0.2, 0) is 7.05 Å². The zero-order valence-electron chi connectivity index (χ0n) is 24.3. The topological polar surface area (TPSA) is 27.7 Å². The summed E-state index contributed by atoms with van der Waals surface area (Å²) in [5, 5.41) is 14.9. The molecule has 2 nitrogen and oxygen atoms in total. The van der Waals surface area contributed by atoms with Crippen LogP contribution in [0.5, 0.6) is 0 Å². The van der Waals surface area contributed by atoms with E-state index >= 15 is 4.39 Å². The summed E-state index contributed by atoms with van der Waals surface area (Å²) < 4.78 is 40.3. The van der Waals surface area contributed by atoms with E-state index < -0.39 is 20.7 Å². The highest BCUT2D eigenvalue weighted by molar-refractivity contribution is 7.05. The molecule has 1 aromatic heterocycles. The Labute approximate surface area is 222 Å². The van der Waals surface area contributed by atoms with Crippen LogP contribution in [0.3, 0.4) is 0 Å². The Balaban J connectivity index is 1.65. The number of rotatable bonds is 2. The van der Waals surface area contributed by atoms with Crippen LogP contribution in [0.1, 0.15) is 20.8 Å². The first-order chi connectivity index (χ1) is 18.9. The van der Waals surface area contributed by atoms with Gasteiger partial charge in [0.2, 0.25) is 5.69 Å². The standard InChI is InChI=1S/C33H28FN2Si/c1-20-10-14-26-27-15-13-25(18-35)31(24-12-11-22-8-6-7-9-23(22)16-24)33(27)37(4,5)32(26)30(20)29-17-28(34)21(2)19-36(29)3/h6-17,19H,1-5H3/q+1/i2D3. The molecule has 0 N–H and O–H groups in total. The molecule has 37 heavy (non-hydrogen) atoms. The van der Waals surface area contributed by atoms with E-state index in [4.69, 9.17) is 4.11 Å². The molecule has 0 fully saturated rings. The van der Waals surface area contributed by atoms with Crippen molar-refractivity contribution in [2.24, 2.45) is 7.05 Å². The number of nitriles is 1. The number of hydrogen-bond acceptors (Lipinski definition) is 1. The monoisotopic (exact) mass is 502 g/mol. The number of benzene rings is 4. The molecule has 0 bridgehead atoms. The minimum atomic E-state index is -2.54. The number of hydrogen-bond donors (Lipinski definition) is 0. The summed E-state index contributed by atoms with van der Waals surface area (Å²) in [7, 11) is -0.700. The van der Waals surface area contributed by atoms with Gasteiger partial charge in [-0.3, -0.25) is 0 Å². The largest absolute Gasteiger partial charge is 0.215 e. The van der Waals surface area contributed by atoms with Crippen LogP contribution in [0, 0.1) is 30.9 Å². The molecule has 4 aromatic carbocycles. The molecule has 0 saturated heterocycles. The summed E-state index contributed by atoms with van der Waals surface area (Å²) >= 11 is 0. The summed E-state index contributed by atoms with van der Waals surface area (Å²) in [5.41, 5.74) is 7.11. The Bertz CT molecular complexity index is 1920. The molecular weight excluding hydrogens is 471 g/mol. The van der Waals surface area contributed by atoms with Gasteiger partial charge in [0.25, 0.3) is 0 Å². The molecule has 0 radical (unpaired) electrons. The molecule has 0 amide bonds. The summed E-state index contributed by atoms with van der Waals surface area (Å²) in [6, 6.07) is 26.5. The minimum Gasteiger partial charge on any atom is -0.206 e. The Hall–Kier alpha value is -4.07. The second-order valence-corrected chi connectivity index (χ2v) is 14.7. The first-order valence-corrected chi connectivity index (χ1v) is 15.3. The van der Waals surface area contributed by atoms with Crippen LogP contribution < -0.4 is 14.9 Å². The third-order valence-electron chi connectivity index (χ3n) is 7.80. The maximum Gasteiger partial charge on any atom is 0.215 e. The number of fused-ring (bicyclic) bond motifs is 4. The normalized spacial score (nSPS) is 14.9. The summed E-state index contributed by atoms with van der Waals surface area (Å²) in [6.07, 6.45) is 1.39. The van der Waals surface area contributed by atoms with Crippen molar-refractivity contribution in [3.63, 3.8) is 0 Å². The first kappa shape index (κ1) is 20.0. The highest BCUT2D eigenvalue weighted by Gasteiger charge is 2.43. The molecule has 1 aliphatic heterocycles. The second kappa shape index (κ2) is 8.23. The molecule has 6 rings (SSSR count). The molecule has 0 aliphatic carbocycles. The summed E-state index contributed by atoms with van der Waals surface area (Å²) in [5.74, 6) is -0.733. The van der Waals surface area contributed by atoms with E-state index in [0.717, 1.165) is 44.2 Å². The highest BCUT2D eigenvalue weighted by atomic mass is 28.3. The van der Waals surface area contributed by atoms with Crippen LogP contribution in [-0.4, -0.2) is 8.07 Å². The zero-order valence-corrected chi connectivity index (χ0v) is 22.3. The highest BCUT2D eigenvalue weighted by Crippen LogP contribution is 2.39. The number of halogens is 1. The van der Waals surface area contributed by atoms with Gasteiger partial charge in [-0.05, 0) is 74.9 Å². The van der Waals surface area contributed by atoms with Crippen LogP contribution in [0.25, 0.3) is 44.3 Å². The van der Waals surface area contributed by atoms with Crippen molar-refractivity contribution < 1.29 is 13.1 Å². The Morgan fingerprint density at radius 1 is 0.865 bits per heavy atom. The average molecular weight is 503 g/mol. The Kier molecular flexibility index (Phi) is 4.46. The molecule has 1 aliphatic rings. The predicted molar refractivity (Wildman–Crippen MR) is 152 cm³/mol.